The average molecular weight is 378 g/mol. The first-order chi connectivity index (χ1) is 13.3. The summed E-state index contributed by atoms with van der Waals surface area (Å²) in [5.41, 5.74) is 9.50. The summed E-state index contributed by atoms with van der Waals surface area (Å²) < 4.78 is 6.89. The van der Waals surface area contributed by atoms with E-state index < -0.39 is 5.60 Å². The summed E-state index contributed by atoms with van der Waals surface area (Å²) in [4.78, 5) is 13.2. The lowest BCUT2D eigenvalue weighted by molar-refractivity contribution is 0.0810. The third kappa shape index (κ3) is 3.59. The van der Waals surface area contributed by atoms with Crippen LogP contribution in [0.1, 0.15) is 36.4 Å². The molecule has 28 heavy (non-hydrogen) atoms. The van der Waals surface area contributed by atoms with Crippen LogP contribution in [0.25, 0.3) is 17.2 Å². The predicted octanol–water partition coefficient (Wildman–Crippen LogP) is 2.57. The summed E-state index contributed by atoms with van der Waals surface area (Å²) in [5, 5.41) is 14.4. The Morgan fingerprint density at radius 2 is 1.86 bits per heavy atom. The summed E-state index contributed by atoms with van der Waals surface area (Å²) >= 11 is 0. The number of benzene rings is 1. The minimum absolute atomic E-state index is 0.230. The lowest BCUT2D eigenvalue weighted by atomic mass is 9.97. The Morgan fingerprint density at radius 1 is 1.14 bits per heavy atom. The lowest BCUT2D eigenvalue weighted by Crippen LogP contribution is -2.21. The SMILES string of the molecule is Cc1c(-c2ncco2)nc(N)n2nc(Cc3ccc(CC(C)(C)O)cc3)nc12. The zero-order valence-electron chi connectivity index (χ0n) is 16.0. The molecule has 8 nitrogen and oxygen atoms in total. The molecule has 3 heterocycles. The van der Waals surface area contributed by atoms with Crippen LogP contribution in [0.3, 0.4) is 0 Å². The van der Waals surface area contributed by atoms with Crippen LogP contribution in [-0.4, -0.2) is 35.3 Å². The van der Waals surface area contributed by atoms with Crippen molar-refractivity contribution in [2.24, 2.45) is 0 Å². The second-order valence-corrected chi connectivity index (χ2v) is 7.53. The molecule has 0 atom stereocenters. The maximum atomic E-state index is 9.95. The smallest absolute Gasteiger partial charge is 0.245 e. The van der Waals surface area contributed by atoms with Gasteiger partial charge in [-0.2, -0.15) is 4.52 Å². The Bertz CT molecular complexity index is 1110. The number of fused-ring (bicyclic) bond motifs is 1. The van der Waals surface area contributed by atoms with Crippen LogP contribution in [0.15, 0.2) is 41.1 Å². The van der Waals surface area contributed by atoms with E-state index in [1.807, 2.05) is 31.2 Å². The molecule has 0 amide bonds. The van der Waals surface area contributed by atoms with E-state index in [9.17, 15) is 5.11 Å². The van der Waals surface area contributed by atoms with E-state index in [1.54, 1.807) is 24.6 Å². The molecule has 0 unspecified atom stereocenters. The van der Waals surface area contributed by atoms with Crippen LogP contribution in [0.4, 0.5) is 5.95 Å². The summed E-state index contributed by atoms with van der Waals surface area (Å²) in [6.07, 6.45) is 4.23. The van der Waals surface area contributed by atoms with Gasteiger partial charge in [0, 0.05) is 18.4 Å². The van der Waals surface area contributed by atoms with Crippen molar-refractivity contribution in [2.45, 2.75) is 39.2 Å². The third-order valence-corrected chi connectivity index (χ3v) is 4.44. The molecule has 0 saturated carbocycles. The van der Waals surface area contributed by atoms with Crippen molar-refractivity contribution < 1.29 is 9.52 Å². The van der Waals surface area contributed by atoms with Crippen LogP contribution in [-0.2, 0) is 12.8 Å². The fourth-order valence-corrected chi connectivity index (χ4v) is 3.19. The maximum Gasteiger partial charge on any atom is 0.245 e. The largest absolute Gasteiger partial charge is 0.443 e. The summed E-state index contributed by atoms with van der Waals surface area (Å²) in [6, 6.07) is 8.09. The lowest BCUT2D eigenvalue weighted by Gasteiger charge is -2.16. The van der Waals surface area contributed by atoms with E-state index in [0.29, 0.717) is 35.9 Å². The standard InChI is InChI=1S/C20H22N6O2/c1-12-16(18-22-8-9-28-18)24-19(21)26-17(12)23-15(25-26)10-13-4-6-14(7-5-13)11-20(2,3)27/h4-9,27H,10-11H2,1-3H3,(H2,21,24). The molecule has 3 aromatic heterocycles. The van der Waals surface area contributed by atoms with E-state index in [1.165, 1.54) is 6.26 Å². The highest BCUT2D eigenvalue weighted by atomic mass is 16.3. The van der Waals surface area contributed by atoms with E-state index in [4.69, 9.17) is 10.2 Å². The second kappa shape index (κ2) is 6.72. The fourth-order valence-electron chi connectivity index (χ4n) is 3.19. The average Bonchev–Trinajstić information content (AvgIpc) is 3.28. The molecule has 0 radical (unpaired) electrons. The Labute approximate surface area is 162 Å². The Morgan fingerprint density at radius 3 is 2.50 bits per heavy atom. The van der Waals surface area contributed by atoms with Crippen molar-refractivity contribution in [3.05, 3.63) is 59.2 Å². The molecule has 4 rings (SSSR count). The normalized spacial score (nSPS) is 12.0. The van der Waals surface area contributed by atoms with Gasteiger partial charge in [0.05, 0.1) is 11.8 Å². The van der Waals surface area contributed by atoms with Crippen LogP contribution < -0.4 is 5.73 Å². The topological polar surface area (TPSA) is 115 Å². The van der Waals surface area contributed by atoms with Crippen LogP contribution >= 0.6 is 0 Å². The fraction of sp³-hybridized carbons (Fsp3) is 0.300. The molecule has 144 valence electrons. The third-order valence-electron chi connectivity index (χ3n) is 4.44. The molecular weight excluding hydrogens is 356 g/mol. The number of hydrogen-bond donors (Lipinski definition) is 2. The number of nitrogen functional groups attached to an aromatic ring is 1. The minimum atomic E-state index is -0.729. The van der Waals surface area contributed by atoms with Gasteiger partial charge in [-0.25, -0.2) is 15.0 Å². The number of aliphatic hydroxyl groups is 1. The van der Waals surface area contributed by atoms with Crippen LogP contribution in [0.5, 0.6) is 0 Å². The number of aromatic nitrogens is 5. The Kier molecular flexibility index (Phi) is 4.35. The Balaban J connectivity index is 1.63. The second-order valence-electron chi connectivity index (χ2n) is 7.53. The van der Waals surface area contributed by atoms with Gasteiger partial charge in [-0.3, -0.25) is 0 Å². The van der Waals surface area contributed by atoms with Gasteiger partial charge in [0.2, 0.25) is 11.8 Å². The van der Waals surface area contributed by atoms with Gasteiger partial charge in [-0.15, -0.1) is 5.10 Å². The van der Waals surface area contributed by atoms with Crippen molar-refractivity contribution >= 4 is 11.6 Å². The summed E-state index contributed by atoms with van der Waals surface area (Å²) in [7, 11) is 0. The van der Waals surface area contributed by atoms with Crippen LogP contribution in [0.2, 0.25) is 0 Å². The quantitative estimate of drug-likeness (QED) is 0.548. The van der Waals surface area contributed by atoms with E-state index in [-0.39, 0.29) is 5.95 Å². The number of aryl methyl sites for hydroxylation is 1. The molecule has 0 aliphatic carbocycles. The van der Waals surface area contributed by atoms with Gasteiger partial charge >= 0.3 is 0 Å². The monoisotopic (exact) mass is 378 g/mol. The van der Waals surface area contributed by atoms with Crippen molar-refractivity contribution in [1.29, 1.82) is 0 Å². The molecule has 0 bridgehead atoms. The van der Waals surface area contributed by atoms with Gasteiger partial charge in [0.25, 0.3) is 0 Å². The van der Waals surface area contributed by atoms with Gasteiger partial charge in [0.15, 0.2) is 11.5 Å². The summed E-state index contributed by atoms with van der Waals surface area (Å²) in [6.45, 7) is 5.49. The first-order valence-electron chi connectivity index (χ1n) is 9.02. The van der Waals surface area contributed by atoms with E-state index in [0.717, 1.165) is 16.7 Å². The minimum Gasteiger partial charge on any atom is -0.443 e. The predicted molar refractivity (Wildman–Crippen MR) is 105 cm³/mol. The number of anilines is 1. The highest BCUT2D eigenvalue weighted by Gasteiger charge is 2.18. The first-order valence-corrected chi connectivity index (χ1v) is 9.02. The van der Waals surface area contributed by atoms with Crippen molar-refractivity contribution in [3.8, 4) is 11.6 Å². The van der Waals surface area contributed by atoms with E-state index in [2.05, 4.69) is 20.1 Å². The number of nitrogens with two attached hydrogens (primary N) is 1. The molecule has 3 N–H and O–H groups in total. The number of oxazole rings is 1. The Hall–Kier alpha value is -3.26. The van der Waals surface area contributed by atoms with E-state index >= 15 is 0 Å². The van der Waals surface area contributed by atoms with Gasteiger partial charge in [0.1, 0.15) is 12.0 Å². The highest BCUT2D eigenvalue weighted by molar-refractivity contribution is 5.65. The molecular formula is C20H22N6O2. The number of rotatable bonds is 5. The first kappa shape index (κ1) is 18.1. The van der Waals surface area contributed by atoms with Crippen molar-refractivity contribution in [1.82, 2.24) is 24.6 Å². The van der Waals surface area contributed by atoms with Crippen molar-refractivity contribution in [2.75, 3.05) is 5.73 Å². The molecule has 8 heteroatoms. The zero-order valence-corrected chi connectivity index (χ0v) is 16.0. The molecule has 0 aliphatic heterocycles. The maximum absolute atomic E-state index is 9.95. The summed E-state index contributed by atoms with van der Waals surface area (Å²) in [5.74, 6) is 1.28. The molecule has 4 aromatic rings. The van der Waals surface area contributed by atoms with Crippen LogP contribution in [0, 0.1) is 6.92 Å². The van der Waals surface area contributed by atoms with Gasteiger partial charge in [-0.1, -0.05) is 24.3 Å². The molecule has 0 fully saturated rings. The van der Waals surface area contributed by atoms with Gasteiger partial charge in [-0.05, 0) is 31.9 Å². The van der Waals surface area contributed by atoms with Crippen molar-refractivity contribution in [3.63, 3.8) is 0 Å². The number of hydrogen-bond acceptors (Lipinski definition) is 7. The zero-order chi connectivity index (χ0) is 19.9. The number of nitrogens with zero attached hydrogens (tertiary/aromatic N) is 5. The highest BCUT2D eigenvalue weighted by Crippen LogP contribution is 2.24. The molecule has 0 spiro atoms. The molecule has 1 aromatic carbocycles. The molecule has 0 aliphatic rings. The van der Waals surface area contributed by atoms with Gasteiger partial charge < -0.3 is 15.3 Å². The molecule has 0 saturated heterocycles.